The number of fused-ring (bicyclic) bond motifs is 1. The largest absolute Gasteiger partial charge is 0.293 e. The highest BCUT2D eigenvalue weighted by atomic mass is 19.1. The molecule has 0 heterocycles. The first kappa shape index (κ1) is 12.0. The average molecular weight is 258 g/mol. The number of aryl methyl sites for hydroxylation is 1. The van der Waals surface area contributed by atoms with Crippen molar-refractivity contribution in [1.82, 2.24) is 0 Å². The normalized spacial score (nSPS) is 18.2. The molecule has 1 nitrogen and oxygen atoms in total. The molecule has 1 aliphatic rings. The van der Waals surface area contributed by atoms with Crippen LogP contribution in [-0.2, 0) is 6.42 Å². The molecule has 3 heteroatoms. The second kappa shape index (κ2) is 4.57. The molecule has 0 aromatic heterocycles. The van der Waals surface area contributed by atoms with Crippen molar-refractivity contribution in [3.8, 4) is 0 Å². The van der Waals surface area contributed by atoms with E-state index in [1.807, 2.05) is 12.1 Å². The van der Waals surface area contributed by atoms with Crippen LogP contribution in [0.15, 0.2) is 42.5 Å². The summed E-state index contributed by atoms with van der Waals surface area (Å²) in [6, 6.07) is 10.8. The molecule has 0 spiro atoms. The van der Waals surface area contributed by atoms with Gasteiger partial charge >= 0.3 is 0 Å². The SMILES string of the molecule is O=C1c2ccccc2CCC1c1ccc(F)cc1F. The number of carbonyl (C=O) groups excluding carboxylic acids is 1. The van der Waals surface area contributed by atoms with Crippen LogP contribution in [0.4, 0.5) is 8.78 Å². The highest BCUT2D eigenvalue weighted by molar-refractivity contribution is 6.03. The van der Waals surface area contributed by atoms with Crippen molar-refractivity contribution in [1.29, 1.82) is 0 Å². The summed E-state index contributed by atoms with van der Waals surface area (Å²) in [4.78, 5) is 12.4. The number of rotatable bonds is 1. The molecule has 1 unspecified atom stereocenters. The van der Waals surface area contributed by atoms with Gasteiger partial charge in [0.25, 0.3) is 0 Å². The third-order valence-corrected chi connectivity index (χ3v) is 3.64. The molecule has 1 atom stereocenters. The van der Waals surface area contributed by atoms with E-state index >= 15 is 0 Å². The third-order valence-electron chi connectivity index (χ3n) is 3.64. The van der Waals surface area contributed by atoms with Crippen LogP contribution >= 0.6 is 0 Å². The predicted molar refractivity (Wildman–Crippen MR) is 68.2 cm³/mol. The van der Waals surface area contributed by atoms with Gasteiger partial charge in [0.1, 0.15) is 11.6 Å². The average Bonchev–Trinajstić information content (AvgIpc) is 2.41. The first-order valence-electron chi connectivity index (χ1n) is 6.24. The van der Waals surface area contributed by atoms with Crippen molar-refractivity contribution in [2.75, 3.05) is 0 Å². The number of benzene rings is 2. The van der Waals surface area contributed by atoms with E-state index < -0.39 is 17.6 Å². The quantitative estimate of drug-likeness (QED) is 0.758. The van der Waals surface area contributed by atoms with Gasteiger partial charge in [-0.2, -0.15) is 0 Å². The molecule has 3 rings (SSSR count). The van der Waals surface area contributed by atoms with Gasteiger partial charge in [0.15, 0.2) is 5.78 Å². The number of halogens is 2. The summed E-state index contributed by atoms with van der Waals surface area (Å²) in [5.74, 6) is -1.84. The molecule has 0 amide bonds. The van der Waals surface area contributed by atoms with Crippen molar-refractivity contribution < 1.29 is 13.6 Å². The van der Waals surface area contributed by atoms with Crippen LogP contribution in [0.2, 0.25) is 0 Å². The Morgan fingerprint density at radius 3 is 2.63 bits per heavy atom. The zero-order valence-corrected chi connectivity index (χ0v) is 10.2. The summed E-state index contributed by atoms with van der Waals surface area (Å²) >= 11 is 0. The molecule has 2 aromatic rings. The van der Waals surface area contributed by atoms with Crippen molar-refractivity contribution >= 4 is 5.78 Å². The monoisotopic (exact) mass is 258 g/mol. The number of ketones is 1. The molecule has 19 heavy (non-hydrogen) atoms. The summed E-state index contributed by atoms with van der Waals surface area (Å²) in [7, 11) is 0. The molecule has 0 radical (unpaired) electrons. The maximum atomic E-state index is 13.8. The minimum atomic E-state index is -0.641. The number of carbonyl (C=O) groups is 1. The van der Waals surface area contributed by atoms with E-state index in [2.05, 4.69) is 0 Å². The van der Waals surface area contributed by atoms with Crippen LogP contribution in [0.3, 0.4) is 0 Å². The first-order chi connectivity index (χ1) is 9.16. The van der Waals surface area contributed by atoms with E-state index in [0.29, 0.717) is 17.5 Å². The smallest absolute Gasteiger partial charge is 0.170 e. The van der Waals surface area contributed by atoms with Crippen LogP contribution in [0.1, 0.15) is 33.8 Å². The number of hydrogen-bond acceptors (Lipinski definition) is 1. The second-order valence-electron chi connectivity index (χ2n) is 4.78. The van der Waals surface area contributed by atoms with Crippen molar-refractivity contribution in [3.05, 3.63) is 70.8 Å². The van der Waals surface area contributed by atoms with Crippen molar-refractivity contribution in [3.63, 3.8) is 0 Å². The Bertz CT molecular complexity index is 649. The lowest BCUT2D eigenvalue weighted by atomic mass is 9.79. The molecule has 0 saturated heterocycles. The summed E-state index contributed by atoms with van der Waals surface area (Å²) in [6.45, 7) is 0. The fraction of sp³-hybridized carbons (Fsp3) is 0.188. The van der Waals surface area contributed by atoms with E-state index in [9.17, 15) is 13.6 Å². The lowest BCUT2D eigenvalue weighted by Crippen LogP contribution is -2.21. The Morgan fingerprint density at radius 2 is 1.84 bits per heavy atom. The highest BCUT2D eigenvalue weighted by Gasteiger charge is 2.30. The number of Topliss-reactive ketones (excluding diaryl/α,β-unsaturated/α-hetero) is 1. The van der Waals surface area contributed by atoms with Gasteiger partial charge in [-0.1, -0.05) is 30.3 Å². The topological polar surface area (TPSA) is 17.1 Å². The molecule has 0 N–H and O–H groups in total. The minimum Gasteiger partial charge on any atom is -0.293 e. The predicted octanol–water partition coefficient (Wildman–Crippen LogP) is 3.88. The van der Waals surface area contributed by atoms with Crippen LogP contribution < -0.4 is 0 Å². The fourth-order valence-electron chi connectivity index (χ4n) is 2.68. The van der Waals surface area contributed by atoms with Gasteiger partial charge in [-0.15, -0.1) is 0 Å². The van der Waals surface area contributed by atoms with Crippen LogP contribution in [0.5, 0.6) is 0 Å². The van der Waals surface area contributed by atoms with Gasteiger partial charge in [0.05, 0.1) is 5.92 Å². The van der Waals surface area contributed by atoms with E-state index in [-0.39, 0.29) is 5.78 Å². The van der Waals surface area contributed by atoms with Crippen molar-refractivity contribution in [2.45, 2.75) is 18.8 Å². The standard InChI is InChI=1S/C16H12F2O/c17-11-6-8-13(15(18)9-11)14-7-5-10-3-1-2-4-12(10)16(14)19/h1-4,6,8-9,14H,5,7H2. The van der Waals surface area contributed by atoms with Crippen molar-refractivity contribution in [2.24, 2.45) is 0 Å². The molecule has 0 aliphatic heterocycles. The Labute approximate surface area is 109 Å². The fourth-order valence-corrected chi connectivity index (χ4v) is 2.68. The van der Waals surface area contributed by atoms with Gasteiger partial charge < -0.3 is 0 Å². The lowest BCUT2D eigenvalue weighted by molar-refractivity contribution is 0.0944. The Hall–Kier alpha value is -2.03. The van der Waals surface area contributed by atoms with E-state index in [1.165, 1.54) is 12.1 Å². The Balaban J connectivity index is 2.02. The number of hydrogen-bond donors (Lipinski definition) is 0. The van der Waals surface area contributed by atoms with Gasteiger partial charge in [-0.25, -0.2) is 8.78 Å². The van der Waals surface area contributed by atoms with Gasteiger partial charge in [-0.3, -0.25) is 4.79 Å². The van der Waals surface area contributed by atoms with Gasteiger partial charge in [0.2, 0.25) is 0 Å². The summed E-state index contributed by atoms with van der Waals surface area (Å²) in [6.07, 6.45) is 1.31. The maximum Gasteiger partial charge on any atom is 0.170 e. The Kier molecular flexibility index (Phi) is 2.90. The van der Waals surface area contributed by atoms with Crippen LogP contribution in [0, 0.1) is 11.6 Å². The van der Waals surface area contributed by atoms with Gasteiger partial charge in [0, 0.05) is 11.6 Å². The zero-order valence-electron chi connectivity index (χ0n) is 10.2. The molecule has 96 valence electrons. The zero-order chi connectivity index (χ0) is 13.4. The highest BCUT2D eigenvalue weighted by Crippen LogP contribution is 2.33. The summed E-state index contributed by atoms with van der Waals surface area (Å²) in [5, 5.41) is 0. The maximum absolute atomic E-state index is 13.8. The second-order valence-corrected chi connectivity index (χ2v) is 4.78. The van der Waals surface area contributed by atoms with Gasteiger partial charge in [-0.05, 0) is 30.0 Å². The molecule has 0 fully saturated rings. The lowest BCUT2D eigenvalue weighted by Gasteiger charge is -2.23. The third kappa shape index (κ3) is 2.05. The molecular weight excluding hydrogens is 246 g/mol. The molecule has 1 aliphatic carbocycles. The van der Waals surface area contributed by atoms with E-state index in [4.69, 9.17) is 0 Å². The molecule has 0 bridgehead atoms. The summed E-state index contributed by atoms with van der Waals surface area (Å²) < 4.78 is 26.7. The Morgan fingerprint density at radius 1 is 1.05 bits per heavy atom. The van der Waals surface area contributed by atoms with Crippen LogP contribution in [0.25, 0.3) is 0 Å². The molecule has 0 saturated carbocycles. The first-order valence-corrected chi connectivity index (χ1v) is 6.24. The van der Waals surface area contributed by atoms with E-state index in [0.717, 1.165) is 18.1 Å². The molecule has 2 aromatic carbocycles. The molecular formula is C16H12F2O. The van der Waals surface area contributed by atoms with E-state index in [1.54, 1.807) is 12.1 Å². The van der Waals surface area contributed by atoms with Crippen LogP contribution in [-0.4, -0.2) is 5.78 Å². The minimum absolute atomic E-state index is 0.0765. The summed E-state index contributed by atoms with van der Waals surface area (Å²) in [5.41, 5.74) is 1.95.